The number of hydrogen-bond acceptors (Lipinski definition) is 5. The monoisotopic (exact) mass is 368 g/mol. The topological polar surface area (TPSA) is 67.3 Å². The van der Waals surface area contributed by atoms with E-state index in [0.717, 1.165) is 53.5 Å². The molecule has 1 aromatic carbocycles. The number of nitrogens with zero attached hydrogens (tertiary/aromatic N) is 4. The molecule has 0 aliphatic carbocycles. The SMILES string of the molecule is Cc1ccc2c(C)c(-c3nc(CC4CCN(C)CC4)nn3CCO)oc2c1. The average molecular weight is 368 g/mol. The Morgan fingerprint density at radius 1 is 1.22 bits per heavy atom. The van der Waals surface area contributed by atoms with Gasteiger partial charge in [0, 0.05) is 17.4 Å². The molecule has 6 heteroatoms. The third-order valence-electron chi connectivity index (χ3n) is 5.63. The number of aliphatic hydroxyl groups excluding tert-OH is 1. The summed E-state index contributed by atoms with van der Waals surface area (Å²) in [5.41, 5.74) is 3.11. The Labute approximate surface area is 159 Å². The van der Waals surface area contributed by atoms with E-state index in [2.05, 4.69) is 44.0 Å². The fraction of sp³-hybridized carbons (Fsp3) is 0.524. The van der Waals surface area contributed by atoms with Crippen LogP contribution in [0.1, 0.15) is 29.8 Å². The Balaban J connectivity index is 1.67. The lowest BCUT2D eigenvalue weighted by atomic mass is 9.94. The van der Waals surface area contributed by atoms with Crippen molar-refractivity contribution in [2.75, 3.05) is 26.7 Å². The van der Waals surface area contributed by atoms with Crippen molar-refractivity contribution in [2.45, 2.75) is 39.7 Å². The van der Waals surface area contributed by atoms with E-state index >= 15 is 0 Å². The lowest BCUT2D eigenvalue weighted by molar-refractivity contribution is 0.217. The van der Waals surface area contributed by atoms with Gasteiger partial charge in [-0.15, -0.1) is 0 Å². The predicted molar refractivity (Wildman–Crippen MR) is 106 cm³/mol. The van der Waals surface area contributed by atoms with Gasteiger partial charge in [0.15, 0.2) is 17.4 Å². The first-order valence-electron chi connectivity index (χ1n) is 9.78. The standard InChI is InChI=1S/C21H28N4O2/c1-14-4-5-17-15(2)20(27-18(17)12-14)21-22-19(23-25(21)10-11-26)13-16-6-8-24(3)9-7-16/h4-5,12,16,26H,6-11,13H2,1-3H3. The summed E-state index contributed by atoms with van der Waals surface area (Å²) in [6.07, 6.45) is 3.25. The Hall–Kier alpha value is -2.18. The van der Waals surface area contributed by atoms with E-state index in [0.29, 0.717) is 12.5 Å². The minimum Gasteiger partial charge on any atom is -0.452 e. The molecule has 1 fully saturated rings. The molecule has 0 amide bonds. The van der Waals surface area contributed by atoms with Crippen molar-refractivity contribution >= 4 is 11.0 Å². The number of piperidine rings is 1. The maximum atomic E-state index is 9.47. The lowest BCUT2D eigenvalue weighted by Crippen LogP contribution is -2.31. The molecule has 3 aromatic rings. The second kappa shape index (κ2) is 7.44. The first kappa shape index (κ1) is 18.2. The van der Waals surface area contributed by atoms with Crippen LogP contribution >= 0.6 is 0 Å². The quantitative estimate of drug-likeness (QED) is 0.749. The van der Waals surface area contributed by atoms with Gasteiger partial charge in [0.1, 0.15) is 5.58 Å². The minimum atomic E-state index is 0.0302. The molecule has 3 heterocycles. The van der Waals surface area contributed by atoms with E-state index in [4.69, 9.17) is 14.5 Å². The molecule has 0 radical (unpaired) electrons. The summed E-state index contributed by atoms with van der Waals surface area (Å²) >= 11 is 0. The van der Waals surface area contributed by atoms with E-state index in [1.54, 1.807) is 4.68 Å². The normalized spacial score (nSPS) is 16.4. The molecule has 27 heavy (non-hydrogen) atoms. The zero-order valence-electron chi connectivity index (χ0n) is 16.4. The van der Waals surface area contributed by atoms with Gasteiger partial charge in [0.05, 0.1) is 13.2 Å². The number of aryl methyl sites for hydroxylation is 2. The van der Waals surface area contributed by atoms with Crippen LogP contribution < -0.4 is 0 Å². The van der Waals surface area contributed by atoms with Crippen molar-refractivity contribution in [3.05, 3.63) is 35.2 Å². The van der Waals surface area contributed by atoms with Crippen LogP contribution in [0.2, 0.25) is 0 Å². The molecule has 6 nitrogen and oxygen atoms in total. The highest BCUT2D eigenvalue weighted by Crippen LogP contribution is 2.33. The van der Waals surface area contributed by atoms with Crippen LogP contribution in [0.25, 0.3) is 22.6 Å². The number of benzene rings is 1. The summed E-state index contributed by atoms with van der Waals surface area (Å²) in [6.45, 7) is 6.84. The molecular weight excluding hydrogens is 340 g/mol. The molecule has 1 aliphatic rings. The van der Waals surface area contributed by atoms with Crippen LogP contribution in [-0.4, -0.2) is 51.5 Å². The van der Waals surface area contributed by atoms with Gasteiger partial charge in [-0.05, 0) is 64.4 Å². The maximum absolute atomic E-state index is 9.47. The zero-order chi connectivity index (χ0) is 19.0. The van der Waals surface area contributed by atoms with E-state index in [1.165, 1.54) is 18.4 Å². The number of hydrogen-bond donors (Lipinski definition) is 1. The van der Waals surface area contributed by atoms with Crippen molar-refractivity contribution in [3.63, 3.8) is 0 Å². The molecule has 0 atom stereocenters. The first-order valence-corrected chi connectivity index (χ1v) is 9.78. The Bertz CT molecular complexity index is 935. The zero-order valence-corrected chi connectivity index (χ0v) is 16.4. The van der Waals surface area contributed by atoms with Gasteiger partial charge in [0.25, 0.3) is 0 Å². The molecule has 1 N–H and O–H groups in total. The molecule has 144 valence electrons. The third-order valence-corrected chi connectivity index (χ3v) is 5.63. The van der Waals surface area contributed by atoms with Crippen molar-refractivity contribution < 1.29 is 9.52 Å². The maximum Gasteiger partial charge on any atom is 0.194 e. The second-order valence-electron chi connectivity index (χ2n) is 7.80. The fourth-order valence-electron chi connectivity index (χ4n) is 3.96. The van der Waals surface area contributed by atoms with Gasteiger partial charge < -0.3 is 14.4 Å². The van der Waals surface area contributed by atoms with Crippen molar-refractivity contribution in [2.24, 2.45) is 5.92 Å². The predicted octanol–water partition coefficient (Wildman–Crippen LogP) is 3.18. The Kier molecular flexibility index (Phi) is 5.02. The van der Waals surface area contributed by atoms with Gasteiger partial charge in [-0.2, -0.15) is 5.10 Å². The van der Waals surface area contributed by atoms with Crippen LogP contribution in [0.15, 0.2) is 22.6 Å². The molecule has 0 spiro atoms. The van der Waals surface area contributed by atoms with Gasteiger partial charge in [-0.3, -0.25) is 0 Å². The van der Waals surface area contributed by atoms with E-state index in [9.17, 15) is 5.11 Å². The molecule has 1 saturated heterocycles. The summed E-state index contributed by atoms with van der Waals surface area (Å²) < 4.78 is 7.95. The summed E-state index contributed by atoms with van der Waals surface area (Å²) in [5.74, 6) is 2.95. The summed E-state index contributed by atoms with van der Waals surface area (Å²) in [6, 6.07) is 6.25. The fourth-order valence-corrected chi connectivity index (χ4v) is 3.96. The van der Waals surface area contributed by atoms with Crippen molar-refractivity contribution in [3.8, 4) is 11.6 Å². The van der Waals surface area contributed by atoms with Crippen molar-refractivity contribution in [1.82, 2.24) is 19.7 Å². The average Bonchev–Trinajstić information content (AvgIpc) is 3.18. The lowest BCUT2D eigenvalue weighted by Gasteiger charge is -2.28. The molecule has 0 unspecified atom stereocenters. The number of fused-ring (bicyclic) bond motifs is 1. The smallest absolute Gasteiger partial charge is 0.194 e. The number of rotatable bonds is 5. The van der Waals surface area contributed by atoms with Crippen LogP contribution in [0.3, 0.4) is 0 Å². The highest BCUT2D eigenvalue weighted by atomic mass is 16.3. The molecule has 1 aliphatic heterocycles. The molecule has 0 saturated carbocycles. The van der Waals surface area contributed by atoms with Gasteiger partial charge >= 0.3 is 0 Å². The highest BCUT2D eigenvalue weighted by molar-refractivity contribution is 5.87. The molecule has 4 rings (SSSR count). The Morgan fingerprint density at radius 2 is 2.00 bits per heavy atom. The minimum absolute atomic E-state index is 0.0302. The molecule has 0 bridgehead atoms. The summed E-state index contributed by atoms with van der Waals surface area (Å²) in [4.78, 5) is 7.20. The number of furan rings is 1. The first-order chi connectivity index (χ1) is 13.0. The van der Waals surface area contributed by atoms with Crippen LogP contribution in [0, 0.1) is 19.8 Å². The van der Waals surface area contributed by atoms with Gasteiger partial charge in [0.2, 0.25) is 0 Å². The molecule has 2 aromatic heterocycles. The molecular formula is C21H28N4O2. The van der Waals surface area contributed by atoms with Gasteiger partial charge in [-0.1, -0.05) is 12.1 Å². The summed E-state index contributed by atoms with van der Waals surface area (Å²) in [5, 5.41) is 15.3. The number of likely N-dealkylation sites (tertiary alicyclic amines) is 1. The van der Waals surface area contributed by atoms with Crippen LogP contribution in [0.4, 0.5) is 0 Å². The second-order valence-corrected chi connectivity index (χ2v) is 7.80. The number of aromatic nitrogens is 3. The van der Waals surface area contributed by atoms with Gasteiger partial charge in [-0.25, -0.2) is 9.67 Å². The van der Waals surface area contributed by atoms with E-state index in [-0.39, 0.29) is 6.61 Å². The van der Waals surface area contributed by atoms with Crippen molar-refractivity contribution in [1.29, 1.82) is 0 Å². The van der Waals surface area contributed by atoms with Crippen LogP contribution in [0.5, 0.6) is 0 Å². The largest absolute Gasteiger partial charge is 0.452 e. The number of aliphatic hydroxyl groups is 1. The van der Waals surface area contributed by atoms with Crippen LogP contribution in [-0.2, 0) is 13.0 Å². The summed E-state index contributed by atoms with van der Waals surface area (Å²) in [7, 11) is 2.18. The Morgan fingerprint density at radius 3 is 2.74 bits per heavy atom. The van der Waals surface area contributed by atoms with E-state index < -0.39 is 0 Å². The highest BCUT2D eigenvalue weighted by Gasteiger charge is 2.23. The third kappa shape index (κ3) is 3.64. The van der Waals surface area contributed by atoms with E-state index in [1.807, 2.05) is 0 Å².